The molecule has 0 heterocycles. The molecule has 0 aliphatic heterocycles. The highest BCUT2D eigenvalue weighted by Gasteiger charge is 2.24. The molecule has 0 bridgehead atoms. The first-order valence-corrected chi connectivity index (χ1v) is 6.31. The van der Waals surface area contributed by atoms with Gasteiger partial charge in [-0.3, -0.25) is 4.79 Å². The predicted molar refractivity (Wildman–Crippen MR) is 69.1 cm³/mol. The lowest BCUT2D eigenvalue weighted by Gasteiger charge is -2.13. The van der Waals surface area contributed by atoms with Gasteiger partial charge in [0.1, 0.15) is 6.10 Å². The van der Waals surface area contributed by atoms with Crippen molar-refractivity contribution in [2.75, 3.05) is 11.9 Å². The third-order valence-corrected chi connectivity index (χ3v) is 3.03. The highest BCUT2D eigenvalue weighted by Crippen LogP contribution is 2.29. The van der Waals surface area contributed by atoms with Gasteiger partial charge >= 0.3 is 0 Å². The number of amides is 1. The highest BCUT2D eigenvalue weighted by atomic mass is 16.5. The summed E-state index contributed by atoms with van der Waals surface area (Å²) in [6.45, 7) is 2.40. The molecule has 1 amide bonds. The summed E-state index contributed by atoms with van der Waals surface area (Å²) < 4.78 is 5.50. The molecule has 0 aromatic heterocycles. The first kappa shape index (κ1) is 13.1. The summed E-state index contributed by atoms with van der Waals surface area (Å²) in [5.41, 5.74) is 1.47. The fourth-order valence-electron chi connectivity index (χ4n) is 1.63. The van der Waals surface area contributed by atoms with E-state index in [2.05, 4.69) is 5.32 Å². The van der Waals surface area contributed by atoms with Gasteiger partial charge in [-0.2, -0.15) is 0 Å². The van der Waals surface area contributed by atoms with Gasteiger partial charge in [-0.15, -0.1) is 0 Å². The Kier molecular flexibility index (Phi) is 4.33. The van der Waals surface area contributed by atoms with E-state index < -0.39 is 6.10 Å². The molecule has 0 radical (unpaired) electrons. The average molecular weight is 249 g/mol. The zero-order valence-electron chi connectivity index (χ0n) is 10.6. The topological polar surface area (TPSA) is 58.6 Å². The monoisotopic (exact) mass is 249 g/mol. The number of hydrogen-bond donors (Lipinski definition) is 2. The van der Waals surface area contributed by atoms with Gasteiger partial charge in [0.2, 0.25) is 0 Å². The number of nitrogens with one attached hydrogen (secondary N) is 1. The lowest BCUT2D eigenvalue weighted by molar-refractivity contribution is -0.126. The molecule has 1 aliphatic rings. The number of carbonyl (C=O) groups excluding carboxylic acids is 1. The molecule has 0 saturated heterocycles. The Labute approximate surface area is 107 Å². The van der Waals surface area contributed by atoms with Crippen molar-refractivity contribution in [2.24, 2.45) is 5.92 Å². The molecule has 2 N–H and O–H groups in total. The Morgan fingerprint density at radius 3 is 3.00 bits per heavy atom. The summed E-state index contributed by atoms with van der Waals surface area (Å²) in [5, 5.41) is 11.8. The summed E-state index contributed by atoms with van der Waals surface area (Å²) >= 11 is 0. The molecule has 1 aromatic rings. The molecule has 18 heavy (non-hydrogen) atoms. The van der Waals surface area contributed by atoms with E-state index >= 15 is 0 Å². The molecule has 1 saturated carbocycles. The van der Waals surface area contributed by atoms with Gasteiger partial charge in [0, 0.05) is 5.69 Å². The van der Waals surface area contributed by atoms with Crippen LogP contribution >= 0.6 is 0 Å². The van der Waals surface area contributed by atoms with Crippen LogP contribution in [-0.4, -0.2) is 23.7 Å². The molecule has 1 fully saturated rings. The summed E-state index contributed by atoms with van der Waals surface area (Å²) in [6, 6.07) is 7.16. The van der Waals surface area contributed by atoms with Gasteiger partial charge in [0.25, 0.3) is 5.91 Å². The second-order valence-electron chi connectivity index (χ2n) is 4.77. The summed E-state index contributed by atoms with van der Waals surface area (Å²) in [7, 11) is 0. The van der Waals surface area contributed by atoms with Crippen LogP contribution in [0.4, 0.5) is 5.69 Å². The maximum absolute atomic E-state index is 11.8. The predicted octanol–water partition coefficient (Wildman–Crippen LogP) is 1.93. The molecule has 1 atom stereocenters. The third-order valence-electron chi connectivity index (χ3n) is 3.03. The lowest BCUT2D eigenvalue weighted by Crippen LogP contribution is -2.28. The van der Waals surface area contributed by atoms with E-state index in [1.165, 1.54) is 12.8 Å². The van der Waals surface area contributed by atoms with Crippen molar-refractivity contribution in [3.8, 4) is 0 Å². The molecular weight excluding hydrogens is 230 g/mol. The van der Waals surface area contributed by atoms with Crippen LogP contribution in [0, 0.1) is 5.92 Å². The van der Waals surface area contributed by atoms with Gasteiger partial charge in [-0.05, 0) is 43.4 Å². The maximum Gasteiger partial charge on any atom is 0.253 e. The fraction of sp³-hybridized carbons (Fsp3) is 0.500. The van der Waals surface area contributed by atoms with Gasteiger partial charge in [0.15, 0.2) is 0 Å². The fourth-order valence-corrected chi connectivity index (χ4v) is 1.63. The summed E-state index contributed by atoms with van der Waals surface area (Å²) in [6.07, 6.45) is 1.99. The van der Waals surface area contributed by atoms with Crippen LogP contribution in [-0.2, 0) is 16.1 Å². The van der Waals surface area contributed by atoms with Crippen molar-refractivity contribution in [3.63, 3.8) is 0 Å². The number of aliphatic hydroxyl groups excluding tert-OH is 1. The zero-order valence-corrected chi connectivity index (χ0v) is 10.6. The van der Waals surface area contributed by atoms with Gasteiger partial charge in [-0.25, -0.2) is 0 Å². The second kappa shape index (κ2) is 5.98. The van der Waals surface area contributed by atoms with Crippen molar-refractivity contribution < 1.29 is 14.6 Å². The van der Waals surface area contributed by atoms with E-state index in [1.54, 1.807) is 25.1 Å². The van der Waals surface area contributed by atoms with Crippen LogP contribution in [0.3, 0.4) is 0 Å². The quantitative estimate of drug-likeness (QED) is 0.810. The van der Waals surface area contributed by atoms with Crippen LogP contribution in [0.5, 0.6) is 0 Å². The van der Waals surface area contributed by atoms with E-state index in [9.17, 15) is 4.79 Å². The first-order chi connectivity index (χ1) is 8.69. The summed E-state index contributed by atoms with van der Waals surface area (Å²) in [4.78, 5) is 11.8. The Morgan fingerprint density at radius 1 is 1.56 bits per heavy atom. The number of anilines is 1. The van der Waals surface area contributed by atoms with Crippen LogP contribution in [0.2, 0.25) is 0 Å². The normalized spacial score (nSPS) is 16.3. The van der Waals surface area contributed by atoms with Gasteiger partial charge in [-0.1, -0.05) is 12.1 Å². The minimum Gasteiger partial charge on any atom is -0.392 e. The number of carbonyl (C=O) groups is 1. The van der Waals surface area contributed by atoms with Gasteiger partial charge < -0.3 is 15.2 Å². The number of benzene rings is 1. The molecule has 4 nitrogen and oxygen atoms in total. The Bertz CT molecular complexity index is 415. The molecule has 2 rings (SSSR count). The Morgan fingerprint density at radius 2 is 2.33 bits per heavy atom. The minimum atomic E-state index is -0.441. The second-order valence-corrected chi connectivity index (χ2v) is 4.77. The zero-order chi connectivity index (χ0) is 13.0. The smallest absolute Gasteiger partial charge is 0.253 e. The molecule has 1 unspecified atom stereocenters. The minimum absolute atomic E-state index is 0.0303. The highest BCUT2D eigenvalue weighted by molar-refractivity contribution is 5.93. The standard InChI is InChI=1S/C14H19NO3/c1-10(18-9-11-5-6-11)14(17)15-13-4-2-3-12(7-13)8-16/h2-4,7,10-11,16H,5-6,8-9H2,1H3,(H,15,17). The third kappa shape index (κ3) is 3.82. The number of rotatable bonds is 6. The van der Waals surface area contributed by atoms with Crippen molar-refractivity contribution in [2.45, 2.75) is 32.5 Å². The number of hydrogen-bond acceptors (Lipinski definition) is 3. The molecule has 1 aromatic carbocycles. The van der Waals surface area contributed by atoms with Crippen LogP contribution in [0.15, 0.2) is 24.3 Å². The first-order valence-electron chi connectivity index (χ1n) is 6.31. The van der Waals surface area contributed by atoms with Crippen LogP contribution in [0.25, 0.3) is 0 Å². The van der Waals surface area contributed by atoms with Crippen LogP contribution < -0.4 is 5.32 Å². The molecular formula is C14H19NO3. The molecule has 98 valence electrons. The van der Waals surface area contributed by atoms with E-state index in [0.29, 0.717) is 18.2 Å². The molecule has 0 spiro atoms. The number of ether oxygens (including phenoxy) is 1. The molecule has 4 heteroatoms. The Balaban J connectivity index is 1.84. The average Bonchev–Trinajstić information content (AvgIpc) is 3.20. The largest absolute Gasteiger partial charge is 0.392 e. The number of aliphatic hydroxyl groups is 1. The van der Waals surface area contributed by atoms with Crippen molar-refractivity contribution in [1.29, 1.82) is 0 Å². The van der Waals surface area contributed by atoms with Gasteiger partial charge in [0.05, 0.1) is 13.2 Å². The summed E-state index contributed by atoms with van der Waals surface area (Å²) in [5.74, 6) is 0.503. The molecule has 1 aliphatic carbocycles. The van der Waals surface area contributed by atoms with Crippen molar-refractivity contribution in [3.05, 3.63) is 29.8 Å². The van der Waals surface area contributed by atoms with Crippen molar-refractivity contribution in [1.82, 2.24) is 0 Å². The van der Waals surface area contributed by atoms with E-state index in [0.717, 1.165) is 5.56 Å². The van der Waals surface area contributed by atoms with Crippen LogP contribution in [0.1, 0.15) is 25.3 Å². The lowest BCUT2D eigenvalue weighted by atomic mass is 10.2. The van der Waals surface area contributed by atoms with E-state index in [1.807, 2.05) is 6.07 Å². The maximum atomic E-state index is 11.8. The van der Waals surface area contributed by atoms with Crippen molar-refractivity contribution >= 4 is 11.6 Å². The van der Waals surface area contributed by atoms with E-state index in [4.69, 9.17) is 9.84 Å². The van der Waals surface area contributed by atoms with E-state index in [-0.39, 0.29) is 12.5 Å². The SMILES string of the molecule is CC(OCC1CC1)C(=O)Nc1cccc(CO)c1. The Hall–Kier alpha value is -1.39.